The van der Waals surface area contributed by atoms with E-state index in [0.717, 1.165) is 40.6 Å². The molecule has 0 saturated heterocycles. The zero-order valence-electron chi connectivity index (χ0n) is 19.8. The summed E-state index contributed by atoms with van der Waals surface area (Å²) in [5.74, 6) is -0.218. The van der Waals surface area contributed by atoms with E-state index in [9.17, 15) is 14.4 Å². The molecule has 0 unspecified atom stereocenters. The van der Waals surface area contributed by atoms with Gasteiger partial charge in [-0.05, 0) is 32.3 Å². The van der Waals surface area contributed by atoms with Gasteiger partial charge in [0.25, 0.3) is 11.5 Å². The van der Waals surface area contributed by atoms with E-state index in [-0.39, 0.29) is 23.3 Å². The Balaban J connectivity index is 2.05. The van der Waals surface area contributed by atoms with Crippen molar-refractivity contribution >= 4 is 54.7 Å². The van der Waals surface area contributed by atoms with Gasteiger partial charge in [-0.1, -0.05) is 38.5 Å². The highest BCUT2D eigenvalue weighted by Gasteiger charge is 2.28. The predicted octanol–water partition coefficient (Wildman–Crippen LogP) is 3.74. The van der Waals surface area contributed by atoms with Crippen LogP contribution in [-0.4, -0.2) is 40.1 Å². The number of unbranched alkanes of at least 4 members (excludes halogenated alkanes) is 1. The second-order valence-electron chi connectivity index (χ2n) is 8.26. The van der Waals surface area contributed by atoms with Crippen molar-refractivity contribution in [3.05, 3.63) is 31.8 Å². The monoisotopic (exact) mass is 492 g/mol. The SMILES string of the molecule is CCCCn1c(N)c(N(CC(C)C)C(=O)c2cc3sc(N(CC)CC)nc3s2)c(=O)[nH]c1=O. The standard InChI is InChI=1S/C22H32N6O3S2/c1-6-9-10-27-17(23)16(18(29)24-21(27)31)28(12-13(4)5)20(30)15-11-14-19(32-15)25-22(33-14)26(7-2)8-3/h11,13H,6-10,12,23H2,1-5H3,(H,24,29,31). The predicted molar refractivity (Wildman–Crippen MR) is 138 cm³/mol. The lowest BCUT2D eigenvalue weighted by atomic mass is 10.2. The lowest BCUT2D eigenvalue weighted by Crippen LogP contribution is -2.42. The molecular formula is C22H32N6O3S2. The lowest BCUT2D eigenvalue weighted by Gasteiger charge is -2.25. The van der Waals surface area contributed by atoms with Crippen LogP contribution in [0.3, 0.4) is 0 Å². The first-order valence-corrected chi connectivity index (χ1v) is 12.9. The molecule has 0 atom stereocenters. The number of nitrogens with zero attached hydrogens (tertiary/aromatic N) is 4. The normalized spacial score (nSPS) is 11.5. The Morgan fingerprint density at radius 1 is 1.21 bits per heavy atom. The summed E-state index contributed by atoms with van der Waals surface area (Å²) in [5, 5.41) is 0.933. The number of amides is 1. The molecule has 1 amide bonds. The topological polar surface area (TPSA) is 117 Å². The fourth-order valence-corrected chi connectivity index (χ4v) is 5.90. The Labute approximate surface area is 200 Å². The third-order valence-corrected chi connectivity index (χ3v) is 7.54. The zero-order valence-corrected chi connectivity index (χ0v) is 21.4. The molecule has 0 radical (unpaired) electrons. The van der Waals surface area contributed by atoms with Gasteiger partial charge in [-0.2, -0.15) is 0 Å². The van der Waals surface area contributed by atoms with E-state index in [4.69, 9.17) is 10.7 Å². The number of nitrogen functional groups attached to an aromatic ring is 1. The minimum absolute atomic E-state index is 0.0199. The minimum atomic E-state index is -0.653. The number of hydrogen-bond donors (Lipinski definition) is 2. The molecule has 3 aromatic heterocycles. The van der Waals surface area contributed by atoms with Crippen LogP contribution in [0, 0.1) is 5.92 Å². The van der Waals surface area contributed by atoms with Gasteiger partial charge in [0.15, 0.2) is 10.8 Å². The number of thiophene rings is 1. The van der Waals surface area contributed by atoms with E-state index in [1.807, 2.05) is 26.8 Å². The van der Waals surface area contributed by atoms with Crippen molar-refractivity contribution in [2.45, 2.75) is 54.0 Å². The van der Waals surface area contributed by atoms with Gasteiger partial charge < -0.3 is 10.6 Å². The number of thiazole rings is 1. The first-order chi connectivity index (χ1) is 15.7. The lowest BCUT2D eigenvalue weighted by molar-refractivity contribution is 0.0987. The summed E-state index contributed by atoms with van der Waals surface area (Å²) >= 11 is 2.86. The van der Waals surface area contributed by atoms with Crippen LogP contribution in [0.4, 0.5) is 16.6 Å². The van der Waals surface area contributed by atoms with Crippen LogP contribution < -0.4 is 26.8 Å². The number of nitrogens with two attached hydrogens (primary N) is 1. The van der Waals surface area contributed by atoms with Crippen LogP contribution in [0.5, 0.6) is 0 Å². The molecule has 11 heteroatoms. The fraction of sp³-hybridized carbons (Fsp3) is 0.545. The molecular weight excluding hydrogens is 460 g/mol. The number of H-pyrrole nitrogens is 1. The smallest absolute Gasteiger partial charge is 0.330 e. The molecule has 3 rings (SSSR count). The van der Waals surface area contributed by atoms with Crippen molar-refractivity contribution in [1.29, 1.82) is 0 Å². The van der Waals surface area contributed by atoms with Crippen LogP contribution in [0.1, 0.15) is 57.1 Å². The molecule has 0 aliphatic carbocycles. The van der Waals surface area contributed by atoms with Crippen LogP contribution in [0.2, 0.25) is 0 Å². The number of carbonyl (C=O) groups excluding carboxylic acids is 1. The van der Waals surface area contributed by atoms with Crippen molar-refractivity contribution < 1.29 is 4.79 Å². The average Bonchev–Trinajstić information content (AvgIpc) is 3.32. The molecule has 9 nitrogen and oxygen atoms in total. The molecule has 0 bridgehead atoms. The Morgan fingerprint density at radius 3 is 2.48 bits per heavy atom. The van der Waals surface area contributed by atoms with Crippen LogP contribution in [-0.2, 0) is 6.54 Å². The molecule has 0 aromatic carbocycles. The average molecular weight is 493 g/mol. The molecule has 0 fully saturated rings. The largest absolute Gasteiger partial charge is 0.383 e. The van der Waals surface area contributed by atoms with Crippen molar-refractivity contribution in [3.63, 3.8) is 0 Å². The van der Waals surface area contributed by atoms with E-state index in [0.29, 0.717) is 18.0 Å². The van der Waals surface area contributed by atoms with E-state index in [1.165, 1.54) is 20.8 Å². The summed E-state index contributed by atoms with van der Waals surface area (Å²) in [6.07, 6.45) is 1.60. The first-order valence-electron chi connectivity index (χ1n) is 11.3. The van der Waals surface area contributed by atoms with Gasteiger partial charge in [0.2, 0.25) is 0 Å². The van der Waals surface area contributed by atoms with Gasteiger partial charge in [-0.25, -0.2) is 9.78 Å². The summed E-state index contributed by atoms with van der Waals surface area (Å²) in [6, 6.07) is 1.83. The molecule has 0 aliphatic rings. The van der Waals surface area contributed by atoms with Crippen molar-refractivity contribution in [2.75, 3.05) is 35.2 Å². The Morgan fingerprint density at radius 2 is 1.91 bits per heavy atom. The minimum Gasteiger partial charge on any atom is -0.383 e. The maximum absolute atomic E-state index is 13.6. The Kier molecular flexibility index (Phi) is 7.96. The number of anilines is 3. The maximum atomic E-state index is 13.6. The number of aromatic amines is 1. The number of carbonyl (C=O) groups is 1. The quantitative estimate of drug-likeness (QED) is 0.445. The number of nitrogens with one attached hydrogen (secondary N) is 1. The molecule has 3 heterocycles. The van der Waals surface area contributed by atoms with E-state index in [1.54, 1.807) is 11.3 Å². The molecule has 180 valence electrons. The van der Waals surface area contributed by atoms with Gasteiger partial charge >= 0.3 is 5.69 Å². The van der Waals surface area contributed by atoms with Gasteiger partial charge in [-0.3, -0.25) is 24.0 Å². The van der Waals surface area contributed by atoms with Gasteiger partial charge in [-0.15, -0.1) is 11.3 Å². The first kappa shape index (κ1) is 25.0. The number of aromatic nitrogens is 3. The van der Waals surface area contributed by atoms with Crippen molar-refractivity contribution in [1.82, 2.24) is 14.5 Å². The number of fused-ring (bicyclic) bond motifs is 1. The second-order valence-corrected chi connectivity index (χ2v) is 10.3. The molecule has 0 aliphatic heterocycles. The molecule has 0 saturated carbocycles. The third-order valence-electron chi connectivity index (χ3n) is 5.33. The summed E-state index contributed by atoms with van der Waals surface area (Å²) < 4.78 is 2.27. The molecule has 33 heavy (non-hydrogen) atoms. The van der Waals surface area contributed by atoms with Crippen LogP contribution >= 0.6 is 22.7 Å². The van der Waals surface area contributed by atoms with E-state index in [2.05, 4.69) is 23.7 Å². The summed E-state index contributed by atoms with van der Waals surface area (Å²) in [4.78, 5) is 50.6. The van der Waals surface area contributed by atoms with Gasteiger partial charge in [0.05, 0.1) is 9.58 Å². The summed E-state index contributed by atoms with van der Waals surface area (Å²) in [6.45, 7) is 12.5. The van der Waals surface area contributed by atoms with Crippen molar-refractivity contribution in [2.24, 2.45) is 5.92 Å². The Bertz CT molecular complexity index is 1200. The van der Waals surface area contributed by atoms with Crippen LogP contribution in [0.15, 0.2) is 15.7 Å². The highest BCUT2D eigenvalue weighted by atomic mass is 32.1. The highest BCUT2D eigenvalue weighted by Crippen LogP contribution is 2.35. The van der Waals surface area contributed by atoms with E-state index < -0.39 is 11.2 Å². The van der Waals surface area contributed by atoms with Gasteiger partial charge in [0.1, 0.15) is 10.6 Å². The van der Waals surface area contributed by atoms with Crippen LogP contribution in [0.25, 0.3) is 9.53 Å². The van der Waals surface area contributed by atoms with Crippen molar-refractivity contribution in [3.8, 4) is 0 Å². The number of hydrogen-bond acceptors (Lipinski definition) is 8. The van der Waals surface area contributed by atoms with Gasteiger partial charge in [0, 0.05) is 26.2 Å². The Hall–Kier alpha value is -2.66. The zero-order chi connectivity index (χ0) is 24.3. The summed E-state index contributed by atoms with van der Waals surface area (Å²) in [7, 11) is 0. The molecule has 3 aromatic rings. The molecule has 3 N–H and O–H groups in total. The fourth-order valence-electron chi connectivity index (χ4n) is 3.61. The second kappa shape index (κ2) is 10.5. The maximum Gasteiger partial charge on any atom is 0.330 e. The number of rotatable bonds is 10. The van der Waals surface area contributed by atoms with E-state index >= 15 is 0 Å². The highest BCUT2D eigenvalue weighted by molar-refractivity contribution is 7.29. The summed E-state index contributed by atoms with van der Waals surface area (Å²) in [5.41, 5.74) is 5.11. The third kappa shape index (κ3) is 5.14. The molecule has 0 spiro atoms.